The van der Waals surface area contributed by atoms with Crippen molar-refractivity contribution in [2.24, 2.45) is 0 Å². The molecule has 0 saturated carbocycles. The molecule has 21 heteroatoms. The van der Waals surface area contributed by atoms with Crippen molar-refractivity contribution >= 4 is 39.6 Å². The molecule has 0 aliphatic heterocycles. The van der Waals surface area contributed by atoms with Gasteiger partial charge in [-0.15, -0.1) is 0 Å². The number of benzene rings is 1. The van der Waals surface area contributed by atoms with Crippen molar-refractivity contribution in [2.75, 3.05) is 30.8 Å². The second-order valence-electron chi connectivity index (χ2n) is 13.0. The smallest absolute Gasteiger partial charge is 0.460 e. The van der Waals surface area contributed by atoms with Crippen molar-refractivity contribution in [3.63, 3.8) is 0 Å². The number of rotatable bonds is 26. The minimum absolute atomic E-state index is 0.0438. The van der Waals surface area contributed by atoms with Crippen LogP contribution in [-0.4, -0.2) is 85.6 Å². The van der Waals surface area contributed by atoms with Crippen LogP contribution in [-0.2, 0) is 24.3 Å². The van der Waals surface area contributed by atoms with Crippen LogP contribution in [0, 0.1) is 6.92 Å². The fraction of sp³-hybridized carbons (Fsp3) is 0.735. The first kappa shape index (κ1) is 49.5. The molecule has 3 N–H and O–H groups in total. The van der Waals surface area contributed by atoms with Crippen LogP contribution in [0.3, 0.4) is 0 Å². The number of carbonyl (C=O) groups is 3. The van der Waals surface area contributed by atoms with Gasteiger partial charge in [0, 0.05) is 31.4 Å². The zero-order valence-corrected chi connectivity index (χ0v) is 31.7. The number of aryl methyl sites for hydroxylation is 1. The zero-order valence-electron chi connectivity index (χ0n) is 30.9. The standard InChI is InChI=1S/C34H50F9N3O8S/c1-4-5-6-13-16-26(17-14-11-9-7-8-10-12-15-18-28(47)48)54-30(50)44-25-20-19-24(2)27(23-25)45-29(49)53-22-21-46(3)55(51,52)34(42,43)32(37,38)31(35,36)33(39,40)41/h19-20,23,26H,4-18,21-22H2,1-3H3,(H,44,50)(H,45,49)(H,47,48). The maximum atomic E-state index is 14.1. The third-order valence-corrected chi connectivity index (χ3v) is 10.4. The monoisotopic (exact) mass is 831 g/mol. The summed E-state index contributed by atoms with van der Waals surface area (Å²) in [7, 11) is -6.68. The van der Waals surface area contributed by atoms with Crippen LogP contribution in [0.2, 0.25) is 0 Å². The molecule has 11 nitrogen and oxygen atoms in total. The van der Waals surface area contributed by atoms with Crippen LogP contribution in [0.15, 0.2) is 18.2 Å². The second-order valence-corrected chi connectivity index (χ2v) is 15.1. The number of unbranched alkanes of at least 4 members (excludes halogenated alkanes) is 10. The first-order valence-electron chi connectivity index (χ1n) is 17.8. The van der Waals surface area contributed by atoms with Gasteiger partial charge in [-0.05, 0) is 56.7 Å². The van der Waals surface area contributed by atoms with Gasteiger partial charge >= 0.3 is 41.4 Å². The molecule has 318 valence electrons. The number of nitrogens with one attached hydrogen (secondary N) is 2. The van der Waals surface area contributed by atoms with Crippen molar-refractivity contribution in [1.29, 1.82) is 0 Å². The number of carboxylic acid groups (broad SMARTS) is 1. The van der Waals surface area contributed by atoms with Gasteiger partial charge in [-0.1, -0.05) is 70.8 Å². The Morgan fingerprint density at radius 1 is 0.782 bits per heavy atom. The SMILES string of the molecule is CCCCCCC(CCCCCCCCCCC(=O)O)OC(=O)Nc1ccc(C)c(NC(=O)OCCN(C)S(=O)(=O)C(F)(F)C(F)(F)C(F)(F)C(F)(F)F)c1. The second kappa shape index (κ2) is 22.3. The molecule has 0 fully saturated rings. The summed E-state index contributed by atoms with van der Waals surface area (Å²) >= 11 is 0. The van der Waals surface area contributed by atoms with E-state index in [1.807, 2.05) is 0 Å². The van der Waals surface area contributed by atoms with E-state index in [0.717, 1.165) is 70.6 Å². The van der Waals surface area contributed by atoms with Crippen molar-refractivity contribution in [2.45, 2.75) is 140 Å². The number of halogens is 9. The number of anilines is 2. The van der Waals surface area contributed by atoms with E-state index in [9.17, 15) is 62.3 Å². The zero-order chi connectivity index (χ0) is 42.1. The number of carboxylic acids is 1. The maximum absolute atomic E-state index is 14.1. The maximum Gasteiger partial charge on any atom is 0.460 e. The van der Waals surface area contributed by atoms with E-state index in [4.69, 9.17) is 9.84 Å². The molecule has 0 radical (unpaired) electrons. The summed E-state index contributed by atoms with van der Waals surface area (Å²) in [5, 5.41) is 6.57. The molecule has 1 rings (SSSR count). The van der Waals surface area contributed by atoms with E-state index in [-0.39, 0.29) is 30.9 Å². The lowest BCUT2D eigenvalue weighted by molar-refractivity contribution is -0.382. The Balaban J connectivity index is 2.74. The van der Waals surface area contributed by atoms with Crippen LogP contribution >= 0.6 is 0 Å². The lowest BCUT2D eigenvalue weighted by Gasteiger charge is -2.34. The Hall–Kier alpha value is -3.49. The number of sulfonamides is 1. The largest absolute Gasteiger partial charge is 0.481 e. The quantitative estimate of drug-likeness (QED) is 0.0617. The van der Waals surface area contributed by atoms with Gasteiger partial charge < -0.3 is 14.6 Å². The third kappa shape index (κ3) is 15.2. The average Bonchev–Trinajstić information content (AvgIpc) is 3.07. The lowest BCUT2D eigenvalue weighted by Crippen LogP contribution is -2.65. The first-order valence-corrected chi connectivity index (χ1v) is 19.3. The summed E-state index contributed by atoms with van der Waals surface area (Å²) in [5.74, 6) is -15.6. The van der Waals surface area contributed by atoms with Crippen molar-refractivity contribution in [3.05, 3.63) is 23.8 Å². The first-order chi connectivity index (χ1) is 25.4. The van der Waals surface area contributed by atoms with E-state index >= 15 is 0 Å². The highest BCUT2D eigenvalue weighted by Crippen LogP contribution is 2.55. The molecule has 0 heterocycles. The molecule has 0 bridgehead atoms. The van der Waals surface area contributed by atoms with Crippen LogP contribution in [0.5, 0.6) is 0 Å². The van der Waals surface area contributed by atoms with Gasteiger partial charge in [0.2, 0.25) is 0 Å². The fourth-order valence-corrected chi connectivity index (χ4v) is 6.31. The Kier molecular flexibility index (Phi) is 20.1. The van der Waals surface area contributed by atoms with Gasteiger partial charge in [0.05, 0.1) is 0 Å². The van der Waals surface area contributed by atoms with Gasteiger partial charge in [-0.2, -0.15) is 43.8 Å². The highest BCUT2D eigenvalue weighted by molar-refractivity contribution is 7.90. The summed E-state index contributed by atoms with van der Waals surface area (Å²) in [5.41, 5.74) is 0.628. The number of hydrogen-bond acceptors (Lipinski definition) is 7. The molecule has 0 aromatic heterocycles. The summed E-state index contributed by atoms with van der Waals surface area (Å²) in [6.45, 7) is 1.13. The van der Waals surface area contributed by atoms with Crippen LogP contribution in [0.1, 0.15) is 109 Å². The Bertz CT molecular complexity index is 1480. The Morgan fingerprint density at radius 3 is 1.84 bits per heavy atom. The summed E-state index contributed by atoms with van der Waals surface area (Å²) in [4.78, 5) is 35.8. The molecule has 0 saturated heterocycles. The van der Waals surface area contributed by atoms with Gasteiger partial charge in [-0.25, -0.2) is 18.0 Å². The lowest BCUT2D eigenvalue weighted by atomic mass is 10.0. The Morgan fingerprint density at radius 2 is 1.31 bits per heavy atom. The van der Waals surface area contributed by atoms with Crippen molar-refractivity contribution in [1.82, 2.24) is 4.31 Å². The van der Waals surface area contributed by atoms with E-state index in [0.29, 0.717) is 24.8 Å². The molecule has 1 atom stereocenters. The number of amides is 2. The number of alkyl halides is 9. The number of hydrogen-bond donors (Lipinski definition) is 3. The predicted molar refractivity (Wildman–Crippen MR) is 185 cm³/mol. The van der Waals surface area contributed by atoms with Crippen molar-refractivity contribution in [3.8, 4) is 0 Å². The molecular weight excluding hydrogens is 781 g/mol. The van der Waals surface area contributed by atoms with Gasteiger partial charge in [0.15, 0.2) is 0 Å². The highest BCUT2D eigenvalue weighted by atomic mass is 32.2. The van der Waals surface area contributed by atoms with Gasteiger partial charge in [0.1, 0.15) is 12.7 Å². The number of likely N-dealkylation sites (N-methyl/N-ethyl adjacent to an activating group) is 1. The molecule has 0 aliphatic carbocycles. The average molecular weight is 832 g/mol. The van der Waals surface area contributed by atoms with E-state index in [1.54, 1.807) is 0 Å². The number of ether oxygens (including phenoxy) is 2. The molecule has 0 aliphatic rings. The van der Waals surface area contributed by atoms with Crippen LogP contribution < -0.4 is 10.6 Å². The minimum atomic E-state index is -7.42. The number of nitrogens with zero attached hydrogens (tertiary/aromatic N) is 1. The highest BCUT2D eigenvalue weighted by Gasteiger charge is 2.85. The van der Waals surface area contributed by atoms with E-state index < -0.39 is 68.9 Å². The predicted octanol–water partition coefficient (Wildman–Crippen LogP) is 10.1. The van der Waals surface area contributed by atoms with Gasteiger partial charge in [-0.3, -0.25) is 15.4 Å². The van der Waals surface area contributed by atoms with E-state index in [1.165, 1.54) is 25.1 Å². The molecule has 0 spiro atoms. The molecule has 1 aromatic carbocycles. The molecular formula is C34H50F9N3O8S. The Labute approximate surface area is 314 Å². The summed E-state index contributed by atoms with van der Waals surface area (Å²) in [6, 6.07) is 4.28. The molecule has 55 heavy (non-hydrogen) atoms. The third-order valence-electron chi connectivity index (χ3n) is 8.53. The number of aliphatic carboxylic acids is 1. The summed E-state index contributed by atoms with van der Waals surface area (Å²) < 4.78 is 153. The molecule has 1 aromatic rings. The van der Waals surface area contributed by atoms with Crippen LogP contribution in [0.25, 0.3) is 0 Å². The van der Waals surface area contributed by atoms with Gasteiger partial charge in [0.25, 0.3) is 10.0 Å². The van der Waals surface area contributed by atoms with E-state index in [2.05, 4.69) is 22.3 Å². The van der Waals surface area contributed by atoms with Crippen LogP contribution in [0.4, 0.5) is 60.5 Å². The molecule has 1 unspecified atom stereocenters. The topological polar surface area (TPSA) is 151 Å². The summed E-state index contributed by atoms with van der Waals surface area (Å²) in [6.07, 6.45) is 2.97. The normalized spacial score (nSPS) is 13.4. The fourth-order valence-electron chi connectivity index (χ4n) is 5.15. The van der Waals surface area contributed by atoms with Crippen molar-refractivity contribution < 1.29 is 76.9 Å². The minimum Gasteiger partial charge on any atom is -0.481 e. The molecule has 2 amide bonds. The number of carbonyl (C=O) groups excluding carboxylic acids is 2.